The van der Waals surface area contributed by atoms with E-state index in [1.54, 1.807) is 31.2 Å². The molecule has 0 aliphatic carbocycles. The monoisotopic (exact) mass is 200 g/mol. The topological polar surface area (TPSA) is 20.2 Å². The van der Waals surface area contributed by atoms with Crippen LogP contribution in [-0.2, 0) is 12.8 Å². The minimum atomic E-state index is -2.33. The Hall–Kier alpha value is -0.960. The zero-order chi connectivity index (χ0) is 10.6. The summed E-state index contributed by atoms with van der Waals surface area (Å²) in [7, 11) is 0. The summed E-state index contributed by atoms with van der Waals surface area (Å²) in [6, 6.07) is 7.00. The molecule has 1 rings (SSSR count). The number of hydrogen-bond acceptors (Lipinski definition) is 1. The van der Waals surface area contributed by atoms with Crippen molar-refractivity contribution < 1.29 is 13.9 Å². The molecule has 0 heterocycles. The zero-order valence-corrected chi connectivity index (χ0v) is 8.08. The Labute approximate surface area is 82.4 Å². The fraction of sp³-hybridized carbons (Fsp3) is 0.455. The third-order valence-electron chi connectivity index (χ3n) is 2.01. The maximum Gasteiger partial charge on any atom is 0.242 e. The molecular formula is C11H14F2O. The molecule has 0 amide bonds. The number of rotatable bonds is 4. The fourth-order valence-electron chi connectivity index (χ4n) is 1.44. The molecule has 0 aliphatic rings. The van der Waals surface area contributed by atoms with E-state index in [1.165, 1.54) is 0 Å². The van der Waals surface area contributed by atoms with Crippen molar-refractivity contribution in [1.29, 1.82) is 0 Å². The summed E-state index contributed by atoms with van der Waals surface area (Å²) in [5.41, 5.74) is 1.44. The van der Waals surface area contributed by atoms with E-state index < -0.39 is 12.5 Å². The first-order valence-electron chi connectivity index (χ1n) is 4.62. The molecule has 1 nitrogen and oxygen atoms in total. The highest BCUT2D eigenvalue weighted by Crippen LogP contribution is 2.15. The number of halogens is 2. The molecule has 0 saturated carbocycles. The van der Waals surface area contributed by atoms with Crippen LogP contribution in [0.5, 0.6) is 0 Å². The van der Waals surface area contributed by atoms with Crippen LogP contribution in [0.3, 0.4) is 0 Å². The van der Waals surface area contributed by atoms with Gasteiger partial charge < -0.3 is 5.11 Å². The van der Waals surface area contributed by atoms with Crippen molar-refractivity contribution in [2.24, 2.45) is 0 Å². The SMILES string of the molecule is CC(O)Cc1ccccc1CC(F)F. The summed E-state index contributed by atoms with van der Waals surface area (Å²) in [5, 5.41) is 9.18. The second kappa shape index (κ2) is 5.05. The lowest BCUT2D eigenvalue weighted by Crippen LogP contribution is -2.08. The molecule has 1 unspecified atom stereocenters. The lowest BCUT2D eigenvalue weighted by molar-refractivity contribution is 0.148. The van der Waals surface area contributed by atoms with E-state index in [1.807, 2.05) is 0 Å². The van der Waals surface area contributed by atoms with Crippen LogP contribution in [0.2, 0.25) is 0 Å². The summed E-state index contributed by atoms with van der Waals surface area (Å²) < 4.78 is 24.4. The van der Waals surface area contributed by atoms with Crippen LogP contribution < -0.4 is 0 Å². The first kappa shape index (κ1) is 11.1. The lowest BCUT2D eigenvalue weighted by atomic mass is 10.00. The van der Waals surface area contributed by atoms with Crippen LogP contribution in [0.25, 0.3) is 0 Å². The van der Waals surface area contributed by atoms with Crippen molar-refractivity contribution in [2.45, 2.75) is 32.3 Å². The number of hydrogen-bond donors (Lipinski definition) is 1. The van der Waals surface area contributed by atoms with Crippen LogP contribution in [-0.4, -0.2) is 17.6 Å². The molecular weight excluding hydrogens is 186 g/mol. The van der Waals surface area contributed by atoms with Crippen LogP contribution >= 0.6 is 0 Å². The number of benzene rings is 1. The Morgan fingerprint density at radius 2 is 1.64 bits per heavy atom. The van der Waals surface area contributed by atoms with Gasteiger partial charge in [-0.05, 0) is 24.5 Å². The van der Waals surface area contributed by atoms with Gasteiger partial charge in [0.1, 0.15) is 0 Å². The molecule has 3 heteroatoms. The van der Waals surface area contributed by atoms with E-state index in [-0.39, 0.29) is 6.42 Å². The zero-order valence-electron chi connectivity index (χ0n) is 8.08. The Balaban J connectivity index is 2.80. The van der Waals surface area contributed by atoms with Crippen LogP contribution in [0.1, 0.15) is 18.1 Å². The first-order chi connectivity index (χ1) is 6.59. The van der Waals surface area contributed by atoms with Crippen molar-refractivity contribution in [2.75, 3.05) is 0 Å². The third kappa shape index (κ3) is 3.42. The molecule has 0 saturated heterocycles. The second-order valence-electron chi connectivity index (χ2n) is 3.42. The van der Waals surface area contributed by atoms with Gasteiger partial charge in [0.15, 0.2) is 0 Å². The third-order valence-corrected chi connectivity index (χ3v) is 2.01. The van der Waals surface area contributed by atoms with Crippen molar-refractivity contribution in [1.82, 2.24) is 0 Å². The lowest BCUT2D eigenvalue weighted by Gasteiger charge is -2.10. The van der Waals surface area contributed by atoms with Gasteiger partial charge >= 0.3 is 0 Å². The van der Waals surface area contributed by atoms with Gasteiger partial charge in [-0.25, -0.2) is 8.78 Å². The normalized spacial score (nSPS) is 13.2. The molecule has 0 spiro atoms. The van der Waals surface area contributed by atoms with Gasteiger partial charge in [0.25, 0.3) is 0 Å². The minimum absolute atomic E-state index is 0.233. The van der Waals surface area contributed by atoms with Gasteiger partial charge in [-0.1, -0.05) is 24.3 Å². The van der Waals surface area contributed by atoms with Crippen LogP contribution in [0.15, 0.2) is 24.3 Å². The molecule has 1 N–H and O–H groups in total. The maximum atomic E-state index is 12.2. The smallest absolute Gasteiger partial charge is 0.242 e. The number of aliphatic hydroxyl groups excluding tert-OH is 1. The summed E-state index contributed by atoms with van der Waals surface area (Å²) in [4.78, 5) is 0. The summed E-state index contributed by atoms with van der Waals surface area (Å²) in [6.45, 7) is 1.65. The minimum Gasteiger partial charge on any atom is -0.393 e. The Kier molecular flexibility index (Phi) is 4.01. The highest BCUT2D eigenvalue weighted by atomic mass is 19.3. The average Bonchev–Trinajstić information content (AvgIpc) is 2.06. The fourth-order valence-corrected chi connectivity index (χ4v) is 1.44. The second-order valence-corrected chi connectivity index (χ2v) is 3.42. The standard InChI is InChI=1S/C11H14F2O/c1-8(14)6-9-4-2-3-5-10(9)7-11(12)13/h2-5,8,11,14H,6-7H2,1H3. The Morgan fingerprint density at radius 3 is 2.07 bits per heavy atom. The summed E-state index contributed by atoms with van der Waals surface area (Å²) >= 11 is 0. The largest absolute Gasteiger partial charge is 0.393 e. The molecule has 1 aromatic carbocycles. The van der Waals surface area contributed by atoms with Gasteiger partial charge in [-0.15, -0.1) is 0 Å². The van der Waals surface area contributed by atoms with Crippen LogP contribution in [0.4, 0.5) is 8.78 Å². The van der Waals surface area contributed by atoms with E-state index in [9.17, 15) is 13.9 Å². The van der Waals surface area contributed by atoms with Crippen molar-refractivity contribution in [3.63, 3.8) is 0 Å². The van der Waals surface area contributed by atoms with Crippen molar-refractivity contribution in [3.05, 3.63) is 35.4 Å². The van der Waals surface area contributed by atoms with Crippen molar-refractivity contribution in [3.8, 4) is 0 Å². The van der Waals surface area contributed by atoms with E-state index in [4.69, 9.17) is 0 Å². The number of alkyl halides is 2. The average molecular weight is 200 g/mol. The first-order valence-corrected chi connectivity index (χ1v) is 4.62. The number of aliphatic hydroxyl groups is 1. The summed E-state index contributed by atoms with van der Waals surface area (Å²) in [6.07, 6.45) is -2.62. The highest BCUT2D eigenvalue weighted by Gasteiger charge is 2.09. The van der Waals surface area contributed by atoms with Gasteiger partial charge in [-0.3, -0.25) is 0 Å². The molecule has 0 bridgehead atoms. The highest BCUT2D eigenvalue weighted by molar-refractivity contribution is 5.28. The van der Waals surface area contributed by atoms with Gasteiger partial charge in [-0.2, -0.15) is 0 Å². The molecule has 1 aromatic rings. The van der Waals surface area contributed by atoms with Gasteiger partial charge in [0.2, 0.25) is 6.43 Å². The Bertz CT molecular complexity index is 255. The van der Waals surface area contributed by atoms with E-state index in [0.717, 1.165) is 5.56 Å². The summed E-state index contributed by atoms with van der Waals surface area (Å²) in [5.74, 6) is 0. The Morgan fingerprint density at radius 1 is 1.14 bits per heavy atom. The molecule has 0 fully saturated rings. The quantitative estimate of drug-likeness (QED) is 0.791. The van der Waals surface area contributed by atoms with E-state index in [0.29, 0.717) is 12.0 Å². The predicted molar refractivity (Wildman–Crippen MR) is 51.5 cm³/mol. The van der Waals surface area contributed by atoms with E-state index in [2.05, 4.69) is 0 Å². The molecule has 0 radical (unpaired) electrons. The maximum absolute atomic E-state index is 12.2. The molecule has 0 aliphatic heterocycles. The van der Waals surface area contributed by atoms with Crippen molar-refractivity contribution >= 4 is 0 Å². The van der Waals surface area contributed by atoms with Gasteiger partial charge in [0, 0.05) is 6.42 Å². The molecule has 78 valence electrons. The predicted octanol–water partition coefficient (Wildman–Crippen LogP) is 2.42. The molecule has 14 heavy (non-hydrogen) atoms. The molecule has 1 atom stereocenters. The van der Waals surface area contributed by atoms with Crippen LogP contribution in [0, 0.1) is 0 Å². The van der Waals surface area contributed by atoms with Gasteiger partial charge in [0.05, 0.1) is 6.10 Å². The van der Waals surface area contributed by atoms with E-state index >= 15 is 0 Å². The molecule has 0 aromatic heterocycles.